The van der Waals surface area contributed by atoms with Gasteiger partial charge < -0.3 is 5.32 Å². The van der Waals surface area contributed by atoms with E-state index in [-0.39, 0.29) is 11.6 Å². The number of amides is 1. The monoisotopic (exact) mass is 209 g/mol. The average molecular weight is 209 g/mol. The van der Waals surface area contributed by atoms with Crippen LogP contribution in [0.2, 0.25) is 0 Å². The zero-order valence-corrected chi connectivity index (χ0v) is 8.37. The van der Waals surface area contributed by atoms with Gasteiger partial charge in [-0.25, -0.2) is 4.39 Å². The molecule has 1 aromatic rings. The Balaban J connectivity index is 2.69. The zero-order chi connectivity index (χ0) is 11.3. The molecule has 1 N–H and O–H groups in total. The normalized spacial score (nSPS) is 11.9. The molecule has 0 aliphatic rings. The van der Waals surface area contributed by atoms with Crippen LogP contribution in [0.4, 0.5) is 4.39 Å². The molecule has 80 valence electrons. The van der Waals surface area contributed by atoms with E-state index in [1.807, 2.05) is 0 Å². The minimum absolute atomic E-state index is 0.119. The number of rotatable bonds is 5. The first-order chi connectivity index (χ1) is 7.13. The lowest BCUT2D eigenvalue weighted by Gasteiger charge is -2.12. The van der Waals surface area contributed by atoms with Crippen LogP contribution in [-0.2, 0) is 16.0 Å². The molecule has 0 heterocycles. The Morgan fingerprint density at radius 2 is 2.07 bits per heavy atom. The highest BCUT2D eigenvalue weighted by molar-refractivity contribution is 5.83. The molecule has 0 aromatic heterocycles. The number of carbonyl (C=O) groups is 2. The van der Waals surface area contributed by atoms with Crippen molar-refractivity contribution < 1.29 is 14.0 Å². The van der Waals surface area contributed by atoms with Crippen molar-refractivity contribution in [2.24, 2.45) is 0 Å². The minimum Gasteiger partial charge on any atom is -0.349 e. The fraction of sp³-hybridized carbons (Fsp3) is 0.273. The molecule has 0 bridgehead atoms. The number of hydrogen-bond acceptors (Lipinski definition) is 2. The van der Waals surface area contributed by atoms with Gasteiger partial charge in [-0.05, 0) is 31.0 Å². The van der Waals surface area contributed by atoms with Gasteiger partial charge in [-0.3, -0.25) is 9.59 Å². The first kappa shape index (κ1) is 11.4. The molecule has 0 spiro atoms. The van der Waals surface area contributed by atoms with Gasteiger partial charge in [-0.2, -0.15) is 0 Å². The SMILES string of the molecule is CC(=O)[C@H](Cc1ccc(F)cc1)NC=O. The molecule has 0 fully saturated rings. The van der Waals surface area contributed by atoms with Gasteiger partial charge in [0.1, 0.15) is 5.82 Å². The topological polar surface area (TPSA) is 46.2 Å². The summed E-state index contributed by atoms with van der Waals surface area (Å²) in [6.45, 7) is 1.41. The maximum atomic E-state index is 12.6. The third-order valence-electron chi connectivity index (χ3n) is 2.11. The lowest BCUT2D eigenvalue weighted by atomic mass is 10.0. The number of nitrogens with one attached hydrogen (secondary N) is 1. The van der Waals surface area contributed by atoms with Gasteiger partial charge in [0.15, 0.2) is 5.78 Å². The summed E-state index contributed by atoms with van der Waals surface area (Å²) in [6.07, 6.45) is 0.879. The molecule has 1 rings (SSSR count). The molecule has 4 heteroatoms. The van der Waals surface area contributed by atoms with Crippen molar-refractivity contribution in [2.75, 3.05) is 0 Å². The van der Waals surface area contributed by atoms with Crippen molar-refractivity contribution >= 4 is 12.2 Å². The maximum Gasteiger partial charge on any atom is 0.207 e. The largest absolute Gasteiger partial charge is 0.349 e. The fourth-order valence-corrected chi connectivity index (χ4v) is 1.26. The second kappa shape index (κ2) is 5.24. The molecule has 0 radical (unpaired) electrons. The summed E-state index contributed by atoms with van der Waals surface area (Å²) in [5.41, 5.74) is 0.811. The Morgan fingerprint density at radius 1 is 1.47 bits per heavy atom. The van der Waals surface area contributed by atoms with Gasteiger partial charge >= 0.3 is 0 Å². The molecule has 0 aliphatic carbocycles. The van der Waals surface area contributed by atoms with E-state index in [2.05, 4.69) is 5.32 Å². The molecule has 15 heavy (non-hydrogen) atoms. The molecule has 0 saturated carbocycles. The minimum atomic E-state index is -0.534. The van der Waals surface area contributed by atoms with Gasteiger partial charge in [0.25, 0.3) is 0 Å². The van der Waals surface area contributed by atoms with E-state index in [9.17, 15) is 14.0 Å². The Bertz CT molecular complexity index is 348. The Labute approximate surface area is 87.3 Å². The molecule has 0 saturated heterocycles. The van der Waals surface area contributed by atoms with E-state index in [1.165, 1.54) is 19.1 Å². The lowest BCUT2D eigenvalue weighted by Crippen LogP contribution is -2.36. The number of halogens is 1. The highest BCUT2D eigenvalue weighted by Gasteiger charge is 2.13. The van der Waals surface area contributed by atoms with Crippen LogP contribution in [-0.4, -0.2) is 18.2 Å². The van der Waals surface area contributed by atoms with Gasteiger partial charge in [0, 0.05) is 0 Å². The second-order valence-corrected chi connectivity index (χ2v) is 3.28. The summed E-state index contributed by atoms with van der Waals surface area (Å²) >= 11 is 0. The van der Waals surface area contributed by atoms with E-state index < -0.39 is 6.04 Å². The number of hydrogen-bond donors (Lipinski definition) is 1. The van der Waals surface area contributed by atoms with E-state index in [0.717, 1.165) is 5.56 Å². The number of benzene rings is 1. The molecule has 1 aromatic carbocycles. The van der Waals surface area contributed by atoms with Crippen LogP contribution in [0.1, 0.15) is 12.5 Å². The number of Topliss-reactive ketones (excluding diaryl/α,β-unsaturated/α-hetero) is 1. The Hall–Kier alpha value is -1.71. The quantitative estimate of drug-likeness (QED) is 0.737. The Morgan fingerprint density at radius 3 is 2.53 bits per heavy atom. The third-order valence-corrected chi connectivity index (χ3v) is 2.11. The Kier molecular flexibility index (Phi) is 3.97. The summed E-state index contributed by atoms with van der Waals surface area (Å²) in [6, 6.07) is 5.31. The summed E-state index contributed by atoms with van der Waals surface area (Å²) in [7, 11) is 0. The van der Waals surface area contributed by atoms with Crippen molar-refractivity contribution in [1.29, 1.82) is 0 Å². The third kappa shape index (κ3) is 3.50. The lowest BCUT2D eigenvalue weighted by molar-refractivity contribution is -0.121. The standard InChI is InChI=1S/C11H12FNO2/c1-8(15)11(13-7-14)6-9-2-4-10(12)5-3-9/h2-5,7,11H,6H2,1H3,(H,13,14)/t11-/m0/s1. The van der Waals surface area contributed by atoms with Gasteiger partial charge in [0.2, 0.25) is 6.41 Å². The van der Waals surface area contributed by atoms with Crippen LogP contribution in [0.5, 0.6) is 0 Å². The first-order valence-corrected chi connectivity index (χ1v) is 4.58. The predicted molar refractivity (Wildman–Crippen MR) is 53.8 cm³/mol. The maximum absolute atomic E-state index is 12.6. The summed E-state index contributed by atoms with van der Waals surface area (Å²) in [4.78, 5) is 21.4. The van der Waals surface area contributed by atoms with Crippen LogP contribution in [0, 0.1) is 5.82 Å². The number of carbonyl (C=O) groups excluding carboxylic acids is 2. The van der Waals surface area contributed by atoms with E-state index >= 15 is 0 Å². The molecular formula is C11H12FNO2. The number of ketones is 1. The van der Waals surface area contributed by atoms with Crippen LogP contribution < -0.4 is 5.32 Å². The summed E-state index contributed by atoms with van der Waals surface area (Å²) in [5.74, 6) is -0.437. The van der Waals surface area contributed by atoms with E-state index in [4.69, 9.17) is 0 Å². The van der Waals surface area contributed by atoms with Crippen molar-refractivity contribution in [3.05, 3.63) is 35.6 Å². The molecule has 0 aliphatic heterocycles. The van der Waals surface area contributed by atoms with Crippen molar-refractivity contribution in [3.8, 4) is 0 Å². The second-order valence-electron chi connectivity index (χ2n) is 3.28. The van der Waals surface area contributed by atoms with Crippen LogP contribution in [0.15, 0.2) is 24.3 Å². The average Bonchev–Trinajstić information content (AvgIpc) is 2.20. The molecule has 1 amide bonds. The highest BCUT2D eigenvalue weighted by atomic mass is 19.1. The highest BCUT2D eigenvalue weighted by Crippen LogP contribution is 2.06. The van der Waals surface area contributed by atoms with Crippen LogP contribution >= 0.6 is 0 Å². The van der Waals surface area contributed by atoms with Gasteiger partial charge in [0.05, 0.1) is 6.04 Å². The fourth-order valence-electron chi connectivity index (χ4n) is 1.26. The molecule has 1 atom stereocenters. The van der Waals surface area contributed by atoms with E-state index in [1.54, 1.807) is 12.1 Å². The van der Waals surface area contributed by atoms with E-state index in [0.29, 0.717) is 12.8 Å². The molecular weight excluding hydrogens is 197 g/mol. The van der Waals surface area contributed by atoms with Crippen LogP contribution in [0.3, 0.4) is 0 Å². The van der Waals surface area contributed by atoms with Gasteiger partial charge in [-0.15, -0.1) is 0 Å². The smallest absolute Gasteiger partial charge is 0.207 e. The zero-order valence-electron chi connectivity index (χ0n) is 8.37. The predicted octanol–water partition coefficient (Wildman–Crippen LogP) is 1.07. The van der Waals surface area contributed by atoms with Crippen molar-refractivity contribution in [2.45, 2.75) is 19.4 Å². The van der Waals surface area contributed by atoms with Crippen molar-refractivity contribution in [3.63, 3.8) is 0 Å². The molecule has 3 nitrogen and oxygen atoms in total. The van der Waals surface area contributed by atoms with Gasteiger partial charge in [-0.1, -0.05) is 12.1 Å². The van der Waals surface area contributed by atoms with Crippen molar-refractivity contribution in [1.82, 2.24) is 5.32 Å². The summed E-state index contributed by atoms with van der Waals surface area (Å²) < 4.78 is 12.6. The van der Waals surface area contributed by atoms with Crippen LogP contribution in [0.25, 0.3) is 0 Å². The molecule has 0 unspecified atom stereocenters. The first-order valence-electron chi connectivity index (χ1n) is 4.58. The summed E-state index contributed by atoms with van der Waals surface area (Å²) in [5, 5.41) is 2.42.